The first-order valence-electron chi connectivity index (χ1n) is 21.1. The monoisotopic (exact) mass is 1030 g/mol. The standard InChI is InChI=1S/3C16H23NOSi.Bi/c3*1-16(2,3)12-15(18-19(4)5)17-11-10-13-8-6-7-9-14(13)17;/h3*7-11,15H,12H2,1-5H3;. The van der Waals surface area contributed by atoms with Gasteiger partial charge in [-0.1, -0.05) is 0 Å². The van der Waals surface area contributed by atoms with Crippen LogP contribution >= 0.6 is 0 Å². The van der Waals surface area contributed by atoms with Gasteiger partial charge in [0.05, 0.1) is 0 Å². The Labute approximate surface area is 363 Å². The molecule has 3 unspecified atom stereocenters. The molecule has 3 aromatic heterocycles. The summed E-state index contributed by atoms with van der Waals surface area (Å²) in [6, 6.07) is 28.9. The third-order valence-corrected chi connectivity index (χ3v) is 21.8. The molecule has 0 bridgehead atoms. The average Bonchev–Trinajstić information content (AvgIpc) is 3.81. The van der Waals surface area contributed by atoms with Crippen LogP contribution in [0.4, 0.5) is 0 Å². The number of hydrogen-bond donors (Lipinski definition) is 0. The van der Waals surface area contributed by atoms with Crippen LogP contribution < -0.4 is 9.81 Å². The van der Waals surface area contributed by atoms with Crippen molar-refractivity contribution in [2.24, 2.45) is 16.2 Å². The van der Waals surface area contributed by atoms with Crippen molar-refractivity contribution in [3.8, 4) is 0 Å². The van der Waals surface area contributed by atoms with E-state index in [9.17, 15) is 0 Å². The molecule has 6 aromatic rings. The number of rotatable bonds is 15. The molecular weight excluding hydrogens is 960 g/mol. The van der Waals surface area contributed by atoms with E-state index < -0.39 is 48.9 Å². The Hall–Kier alpha value is -2.31. The van der Waals surface area contributed by atoms with E-state index in [2.05, 4.69) is 207 Å². The molecule has 3 aromatic carbocycles. The molecule has 58 heavy (non-hydrogen) atoms. The van der Waals surface area contributed by atoms with Crippen LogP contribution in [-0.4, -0.2) is 62.6 Å². The second-order valence-electron chi connectivity index (χ2n) is 20.5. The molecule has 0 saturated carbocycles. The van der Waals surface area contributed by atoms with E-state index in [-0.39, 0.29) is 34.9 Å². The number of nitrogens with zero attached hydrogens (tertiary/aromatic N) is 3. The van der Waals surface area contributed by atoms with E-state index in [0.717, 1.165) is 19.3 Å². The van der Waals surface area contributed by atoms with E-state index in [1.807, 2.05) is 0 Å². The van der Waals surface area contributed by atoms with Crippen LogP contribution in [-0.2, 0) is 13.3 Å². The van der Waals surface area contributed by atoms with Crippen LogP contribution in [0, 0.1) is 16.2 Å². The van der Waals surface area contributed by atoms with Crippen molar-refractivity contribution in [1.29, 1.82) is 0 Å². The van der Waals surface area contributed by atoms with Crippen molar-refractivity contribution in [2.75, 3.05) is 0 Å². The summed E-state index contributed by atoms with van der Waals surface area (Å²) in [5, 5.41) is 3.87. The number of fused-ring (bicyclic) bond motifs is 3. The first-order valence-corrected chi connectivity index (χ1v) is 33.5. The van der Waals surface area contributed by atoms with Gasteiger partial charge in [-0.15, -0.1) is 0 Å². The molecule has 311 valence electrons. The fourth-order valence-electron chi connectivity index (χ4n) is 8.05. The fraction of sp³-hybridized carbons (Fsp3) is 0.500. The van der Waals surface area contributed by atoms with Crippen molar-refractivity contribution < 1.29 is 13.3 Å². The quantitative estimate of drug-likeness (QED) is 0.0963. The summed E-state index contributed by atoms with van der Waals surface area (Å²) < 4.78 is 31.6. The second kappa shape index (κ2) is 18.0. The summed E-state index contributed by atoms with van der Waals surface area (Å²) in [5.41, 5.74) is 4.21. The average molecular weight is 1030 g/mol. The molecule has 10 heteroatoms. The van der Waals surface area contributed by atoms with Crippen molar-refractivity contribution >= 4 is 91.4 Å². The van der Waals surface area contributed by atoms with Gasteiger partial charge in [0.15, 0.2) is 0 Å². The Balaban J connectivity index is 1.48. The molecule has 0 aliphatic heterocycles. The van der Waals surface area contributed by atoms with E-state index in [0.29, 0.717) is 0 Å². The van der Waals surface area contributed by atoms with Gasteiger partial charge in [0.2, 0.25) is 0 Å². The summed E-state index contributed by atoms with van der Waals surface area (Å²) in [6.07, 6.45) is 9.75. The molecule has 6 nitrogen and oxygen atoms in total. The summed E-state index contributed by atoms with van der Waals surface area (Å²) in [4.78, 5) is 0. The van der Waals surface area contributed by atoms with Gasteiger partial charge in [-0.2, -0.15) is 0 Å². The zero-order valence-corrected chi connectivity index (χ0v) is 44.5. The minimum absolute atomic E-state index is 0.0244. The predicted octanol–water partition coefficient (Wildman–Crippen LogP) is 11.7. The SMILES string of the molecule is C[Si](C)OC(CC(C)(C)C)n1ccc2c[c]([Bi]([c]3ccc4c(ccn4C(CC(C)(C)C)O[Si](C)C)c3)[c]3ccc4c(ccn4C(CC(C)(C)C)O[Si](C)C)c3)ccc21. The number of hydrogen-bond acceptors (Lipinski definition) is 3. The van der Waals surface area contributed by atoms with Crippen LogP contribution in [0.2, 0.25) is 39.3 Å². The molecule has 3 heterocycles. The van der Waals surface area contributed by atoms with Gasteiger partial charge in [-0.3, -0.25) is 0 Å². The molecule has 0 amide bonds. The second-order valence-corrected chi connectivity index (χ2v) is 35.3. The number of benzene rings is 3. The predicted molar refractivity (Wildman–Crippen MR) is 255 cm³/mol. The fourth-order valence-corrected chi connectivity index (χ4v) is 19.5. The van der Waals surface area contributed by atoms with Crippen LogP contribution in [0.25, 0.3) is 32.7 Å². The summed E-state index contributed by atoms with van der Waals surface area (Å²) in [5.74, 6) is 0. The maximum absolute atomic E-state index is 6.67. The Morgan fingerprint density at radius 2 is 0.690 bits per heavy atom. The molecule has 0 aliphatic rings. The molecular formula is C48H69BiN3O3Si3. The van der Waals surface area contributed by atoms with Crippen LogP contribution in [0.5, 0.6) is 0 Å². The van der Waals surface area contributed by atoms with E-state index in [1.165, 1.54) is 42.5 Å². The first-order chi connectivity index (χ1) is 27.0. The van der Waals surface area contributed by atoms with Crippen molar-refractivity contribution in [3.63, 3.8) is 0 Å². The third-order valence-electron chi connectivity index (χ3n) is 10.3. The molecule has 3 radical (unpaired) electrons. The first kappa shape index (κ1) is 45.2. The van der Waals surface area contributed by atoms with Crippen molar-refractivity contribution in [2.45, 2.75) is 140 Å². The summed E-state index contributed by atoms with van der Waals surface area (Å²) >= 11 is -2.89. The maximum atomic E-state index is 6.67. The van der Waals surface area contributed by atoms with Gasteiger partial charge in [0.25, 0.3) is 0 Å². The zero-order valence-electron chi connectivity index (χ0n) is 38.0. The van der Waals surface area contributed by atoms with E-state index in [1.54, 1.807) is 0 Å². The van der Waals surface area contributed by atoms with Gasteiger partial charge in [-0.25, -0.2) is 0 Å². The summed E-state index contributed by atoms with van der Waals surface area (Å²) in [6.45, 7) is 34.3. The van der Waals surface area contributed by atoms with Gasteiger partial charge in [-0.05, 0) is 0 Å². The van der Waals surface area contributed by atoms with E-state index in [4.69, 9.17) is 13.3 Å². The Kier molecular flexibility index (Phi) is 14.0. The van der Waals surface area contributed by atoms with Crippen LogP contribution in [0.15, 0.2) is 91.4 Å². The zero-order chi connectivity index (χ0) is 42.3. The van der Waals surface area contributed by atoms with Gasteiger partial charge < -0.3 is 0 Å². The molecule has 6 rings (SSSR count). The Bertz CT molecular complexity index is 2050. The van der Waals surface area contributed by atoms with Crippen molar-refractivity contribution in [3.05, 3.63) is 91.4 Å². The van der Waals surface area contributed by atoms with Crippen LogP contribution in [0.1, 0.15) is 100 Å². The minimum atomic E-state index is -2.89. The van der Waals surface area contributed by atoms with Gasteiger partial charge >= 0.3 is 366 Å². The van der Waals surface area contributed by atoms with Crippen LogP contribution in [0.3, 0.4) is 0 Å². The molecule has 0 N–H and O–H groups in total. The van der Waals surface area contributed by atoms with Gasteiger partial charge in [0.1, 0.15) is 0 Å². The number of aromatic nitrogens is 3. The molecule has 0 saturated heterocycles. The molecule has 0 aliphatic carbocycles. The van der Waals surface area contributed by atoms with E-state index >= 15 is 0 Å². The molecule has 3 atom stereocenters. The summed E-state index contributed by atoms with van der Waals surface area (Å²) in [7, 11) is -2.67. The molecule has 0 fully saturated rings. The topological polar surface area (TPSA) is 42.5 Å². The normalized spacial score (nSPS) is 14.9. The molecule has 0 spiro atoms. The Morgan fingerprint density at radius 1 is 0.431 bits per heavy atom. The third kappa shape index (κ3) is 11.3. The van der Waals surface area contributed by atoms with Gasteiger partial charge in [0, 0.05) is 0 Å². The Morgan fingerprint density at radius 3 is 0.914 bits per heavy atom. The van der Waals surface area contributed by atoms with Crippen molar-refractivity contribution in [1.82, 2.24) is 13.7 Å².